The van der Waals surface area contributed by atoms with Crippen molar-refractivity contribution in [3.8, 4) is 17.2 Å². The number of rotatable bonds is 18. The summed E-state index contributed by atoms with van der Waals surface area (Å²) < 4.78 is 67.3. The predicted octanol–water partition coefficient (Wildman–Crippen LogP) is 11.3. The molecule has 1 fully saturated rings. The maximum absolute atomic E-state index is 14.3. The van der Waals surface area contributed by atoms with Crippen molar-refractivity contribution in [1.82, 2.24) is 20.0 Å². The monoisotopic (exact) mass is 863 g/mol. The van der Waals surface area contributed by atoms with Crippen LogP contribution in [0.3, 0.4) is 0 Å². The van der Waals surface area contributed by atoms with Crippen LogP contribution in [-0.4, -0.2) is 63.7 Å². The van der Waals surface area contributed by atoms with Crippen molar-refractivity contribution in [2.24, 2.45) is 5.92 Å². The quantitative estimate of drug-likeness (QED) is 0.0945. The van der Waals surface area contributed by atoms with Crippen LogP contribution < -0.4 is 20.1 Å². The standard InChI is InChI=1S/C47H60F3N5O7/c1-9-11-23-59-36-21-22-39(60-24-12-10-2)37(27-36)41(54(30-31-19-20-31)44(58)62-46(6,7)8)33-16-14-17-34(26-33)52-42(56)38-28-40(47(48,49)50)53-55(38)35-18-13-15-32(25-35)29-51-43(57)61-45(3,4)5/h13-18,21-22,25-28,31,41H,9-12,19-20,23-24,29-30H2,1-8H3,(H,51,57)(H,52,56). The summed E-state index contributed by atoms with van der Waals surface area (Å²) in [6, 6.07) is 18.6. The second-order valence-electron chi connectivity index (χ2n) is 17.5. The number of nitrogens with zero attached hydrogens (tertiary/aromatic N) is 3. The number of nitrogens with one attached hydrogen (secondary N) is 2. The zero-order chi connectivity index (χ0) is 45.2. The lowest BCUT2D eigenvalue weighted by Gasteiger charge is -2.35. The van der Waals surface area contributed by atoms with Crippen molar-refractivity contribution in [2.45, 2.75) is 124 Å². The van der Waals surface area contributed by atoms with Crippen LogP contribution in [0.2, 0.25) is 0 Å². The number of amides is 3. The summed E-state index contributed by atoms with van der Waals surface area (Å²) in [5, 5.41) is 9.22. The normalized spacial score (nSPS) is 13.5. The van der Waals surface area contributed by atoms with Crippen LogP contribution in [0, 0.1) is 5.92 Å². The Morgan fingerprint density at radius 1 is 0.839 bits per heavy atom. The van der Waals surface area contributed by atoms with Gasteiger partial charge in [-0.3, -0.25) is 9.69 Å². The van der Waals surface area contributed by atoms with Crippen molar-refractivity contribution in [1.29, 1.82) is 0 Å². The maximum Gasteiger partial charge on any atom is 0.435 e. The molecule has 1 saturated carbocycles. The molecule has 1 aliphatic carbocycles. The zero-order valence-corrected chi connectivity index (χ0v) is 37.0. The summed E-state index contributed by atoms with van der Waals surface area (Å²) in [6.45, 7) is 16.1. The molecule has 0 saturated heterocycles. The van der Waals surface area contributed by atoms with Gasteiger partial charge in [0.1, 0.15) is 28.4 Å². The summed E-state index contributed by atoms with van der Waals surface area (Å²) in [7, 11) is 0. The van der Waals surface area contributed by atoms with Crippen molar-refractivity contribution in [2.75, 3.05) is 25.1 Å². The molecular formula is C47H60F3N5O7. The van der Waals surface area contributed by atoms with Crippen LogP contribution in [0.15, 0.2) is 72.8 Å². The molecule has 0 radical (unpaired) electrons. The van der Waals surface area contributed by atoms with Gasteiger partial charge in [-0.15, -0.1) is 0 Å². The first-order valence-corrected chi connectivity index (χ1v) is 21.3. The lowest BCUT2D eigenvalue weighted by molar-refractivity contribution is -0.141. The number of halogens is 3. The third-order valence-corrected chi connectivity index (χ3v) is 9.57. The SMILES string of the molecule is CCCCOc1ccc(OCCCC)c(C(c2cccc(NC(=O)c3cc(C(F)(F)F)nn3-c3cccc(CNC(=O)OC(C)(C)C)c3)c2)N(CC2CC2)C(=O)OC(C)(C)C)c1. The van der Waals surface area contributed by atoms with Gasteiger partial charge < -0.3 is 29.6 Å². The first-order valence-electron chi connectivity index (χ1n) is 21.3. The molecule has 1 aliphatic rings. The average Bonchev–Trinajstić information content (AvgIpc) is 3.89. The molecule has 3 amide bonds. The van der Waals surface area contributed by atoms with Gasteiger partial charge in [0.05, 0.1) is 24.9 Å². The van der Waals surface area contributed by atoms with Crippen molar-refractivity contribution in [3.05, 3.63) is 101 Å². The number of carbonyl (C=O) groups is 3. The smallest absolute Gasteiger partial charge is 0.435 e. The second kappa shape index (κ2) is 20.4. The first-order chi connectivity index (χ1) is 29.2. The van der Waals surface area contributed by atoms with Crippen LogP contribution in [0.4, 0.5) is 28.4 Å². The van der Waals surface area contributed by atoms with E-state index in [4.69, 9.17) is 18.9 Å². The average molecular weight is 864 g/mol. The van der Waals surface area contributed by atoms with Crippen LogP contribution >= 0.6 is 0 Å². The second-order valence-corrected chi connectivity index (χ2v) is 17.5. The molecule has 336 valence electrons. The highest BCUT2D eigenvalue weighted by atomic mass is 19.4. The molecule has 12 nitrogen and oxygen atoms in total. The summed E-state index contributed by atoms with van der Waals surface area (Å²) >= 11 is 0. The van der Waals surface area contributed by atoms with Gasteiger partial charge in [0.2, 0.25) is 0 Å². The van der Waals surface area contributed by atoms with E-state index in [-0.39, 0.29) is 29.5 Å². The summed E-state index contributed by atoms with van der Waals surface area (Å²) in [5.74, 6) is 0.531. The molecule has 5 rings (SSSR count). The van der Waals surface area contributed by atoms with Gasteiger partial charge in [-0.1, -0.05) is 51.0 Å². The fourth-order valence-corrected chi connectivity index (χ4v) is 6.48. The Morgan fingerprint density at radius 2 is 1.52 bits per heavy atom. The molecular weight excluding hydrogens is 804 g/mol. The van der Waals surface area contributed by atoms with Crippen LogP contribution in [0.1, 0.15) is 133 Å². The molecule has 4 aromatic rings. The summed E-state index contributed by atoms with van der Waals surface area (Å²) in [4.78, 5) is 42.4. The maximum atomic E-state index is 14.3. The Hall–Kier alpha value is -5.73. The van der Waals surface area contributed by atoms with Gasteiger partial charge in [-0.05, 0) is 127 Å². The predicted molar refractivity (Wildman–Crippen MR) is 231 cm³/mol. The van der Waals surface area contributed by atoms with Crippen LogP contribution in [0.25, 0.3) is 5.69 Å². The molecule has 62 heavy (non-hydrogen) atoms. The van der Waals surface area contributed by atoms with Gasteiger partial charge in [-0.25, -0.2) is 14.3 Å². The van der Waals surface area contributed by atoms with E-state index in [0.717, 1.165) is 43.2 Å². The minimum Gasteiger partial charge on any atom is -0.494 e. The Balaban J connectivity index is 1.55. The fourth-order valence-electron chi connectivity index (χ4n) is 6.48. The van der Waals surface area contributed by atoms with Crippen molar-refractivity contribution < 1.29 is 46.5 Å². The minimum absolute atomic E-state index is 0.00578. The first kappa shape index (κ1) is 47.3. The molecule has 1 unspecified atom stereocenters. The molecule has 0 aliphatic heterocycles. The highest BCUT2D eigenvalue weighted by molar-refractivity contribution is 6.03. The highest BCUT2D eigenvalue weighted by Crippen LogP contribution is 2.42. The molecule has 0 spiro atoms. The summed E-state index contributed by atoms with van der Waals surface area (Å²) in [5.41, 5.74) is -0.998. The number of carbonyl (C=O) groups excluding carboxylic acids is 3. The number of aromatic nitrogens is 2. The van der Waals surface area contributed by atoms with E-state index in [1.807, 2.05) is 24.3 Å². The van der Waals surface area contributed by atoms with Gasteiger partial charge in [0.15, 0.2) is 5.69 Å². The molecule has 15 heteroatoms. The minimum atomic E-state index is -4.86. The third-order valence-electron chi connectivity index (χ3n) is 9.57. The number of unbranched alkanes of at least 4 members (excludes halogenated alkanes) is 2. The van der Waals surface area contributed by atoms with Gasteiger partial charge in [-0.2, -0.15) is 18.3 Å². The Labute approximate surface area is 362 Å². The summed E-state index contributed by atoms with van der Waals surface area (Å²) in [6.07, 6.45) is -0.671. The molecule has 1 heterocycles. The molecule has 3 aromatic carbocycles. The van der Waals surface area contributed by atoms with Gasteiger partial charge in [0, 0.05) is 30.4 Å². The third kappa shape index (κ3) is 13.9. The van der Waals surface area contributed by atoms with Crippen molar-refractivity contribution >= 4 is 23.8 Å². The molecule has 2 N–H and O–H groups in total. The number of alkyl halides is 3. The zero-order valence-electron chi connectivity index (χ0n) is 37.0. The highest BCUT2D eigenvalue weighted by Gasteiger charge is 2.38. The molecule has 1 aromatic heterocycles. The lowest BCUT2D eigenvalue weighted by atomic mass is 9.95. The Kier molecular flexibility index (Phi) is 15.6. The van der Waals surface area contributed by atoms with E-state index in [1.54, 1.807) is 76.8 Å². The number of benzene rings is 3. The number of hydrogen-bond acceptors (Lipinski definition) is 8. The topological polar surface area (TPSA) is 133 Å². The lowest BCUT2D eigenvalue weighted by Crippen LogP contribution is -2.41. The van der Waals surface area contributed by atoms with E-state index in [0.29, 0.717) is 54.0 Å². The fraction of sp³-hybridized carbons (Fsp3) is 0.489. The van der Waals surface area contributed by atoms with Gasteiger partial charge >= 0.3 is 18.4 Å². The van der Waals surface area contributed by atoms with E-state index >= 15 is 0 Å². The number of alkyl carbamates (subject to hydrolysis) is 1. The van der Waals surface area contributed by atoms with Crippen molar-refractivity contribution in [3.63, 3.8) is 0 Å². The largest absolute Gasteiger partial charge is 0.494 e. The number of anilines is 1. The Bertz CT molecular complexity index is 2150. The van der Waals surface area contributed by atoms with Crippen LogP contribution in [-0.2, 0) is 22.2 Å². The number of hydrogen-bond donors (Lipinski definition) is 2. The Morgan fingerprint density at radius 3 is 2.16 bits per heavy atom. The van der Waals surface area contributed by atoms with E-state index in [9.17, 15) is 27.6 Å². The number of ether oxygens (including phenoxy) is 4. The van der Waals surface area contributed by atoms with E-state index < -0.39 is 47.2 Å². The van der Waals surface area contributed by atoms with E-state index in [1.165, 1.54) is 12.1 Å². The van der Waals surface area contributed by atoms with E-state index in [2.05, 4.69) is 29.6 Å². The van der Waals surface area contributed by atoms with Gasteiger partial charge in [0.25, 0.3) is 5.91 Å². The molecule has 1 atom stereocenters. The van der Waals surface area contributed by atoms with Crippen LogP contribution in [0.5, 0.6) is 11.5 Å². The molecule has 0 bridgehead atoms.